The number of carbonyl (C=O) groups excluding carboxylic acids is 1. The van der Waals surface area contributed by atoms with Crippen LogP contribution in [0.5, 0.6) is 0 Å². The molecule has 1 aliphatic carbocycles. The number of nitrogens with one attached hydrogen (secondary N) is 2. The fourth-order valence-electron chi connectivity index (χ4n) is 5.27. The fourth-order valence-corrected chi connectivity index (χ4v) is 5.90. The van der Waals surface area contributed by atoms with E-state index in [9.17, 15) is 4.79 Å². The average molecular weight is 423 g/mol. The van der Waals surface area contributed by atoms with Crippen LogP contribution in [0.2, 0.25) is 0 Å². The van der Waals surface area contributed by atoms with Gasteiger partial charge < -0.3 is 10.1 Å². The van der Waals surface area contributed by atoms with Crippen molar-refractivity contribution < 1.29 is 9.53 Å². The van der Waals surface area contributed by atoms with Crippen LogP contribution in [0, 0.1) is 0 Å². The Bertz CT molecular complexity index is 994. The molecule has 0 radical (unpaired) electrons. The number of likely N-dealkylation sites (tertiary alicyclic amines) is 1. The Balaban J connectivity index is 1.40. The normalized spacial score (nSPS) is 22.8. The molecule has 1 saturated heterocycles. The van der Waals surface area contributed by atoms with Crippen LogP contribution in [-0.2, 0) is 16.7 Å². The Hall–Kier alpha value is -2.48. The van der Waals surface area contributed by atoms with Gasteiger partial charge in [-0.15, -0.1) is 0 Å². The zero-order valence-corrected chi connectivity index (χ0v) is 17.8. The Kier molecular flexibility index (Phi) is 5.18. The number of ether oxygens (including phenoxy) is 1. The Morgan fingerprint density at radius 3 is 2.83 bits per heavy atom. The molecule has 0 bridgehead atoms. The van der Waals surface area contributed by atoms with E-state index in [1.54, 1.807) is 13.3 Å². The summed E-state index contributed by atoms with van der Waals surface area (Å²) in [5, 5.41) is 14.2. The van der Waals surface area contributed by atoms with Gasteiger partial charge in [-0.3, -0.25) is 14.8 Å². The van der Waals surface area contributed by atoms with Crippen molar-refractivity contribution in [3.8, 4) is 0 Å². The number of H-pyrrole nitrogens is 1. The molecular weight excluding hydrogens is 396 g/mol. The average Bonchev–Trinajstić information content (AvgIpc) is 3.52. The molecule has 1 spiro atoms. The molecule has 2 atom stereocenters. The molecule has 5 rings (SSSR count). The topological polar surface area (TPSA) is 70.2 Å². The number of hydrogen-bond donors (Lipinski definition) is 2. The quantitative estimate of drug-likeness (QED) is 0.660. The summed E-state index contributed by atoms with van der Waals surface area (Å²) >= 11 is 1.54. The van der Waals surface area contributed by atoms with E-state index in [1.807, 2.05) is 22.9 Å². The second-order valence-corrected chi connectivity index (χ2v) is 9.00. The van der Waals surface area contributed by atoms with E-state index in [0.29, 0.717) is 5.56 Å². The summed E-state index contributed by atoms with van der Waals surface area (Å²) < 4.78 is 6.11. The fraction of sp³-hybridized carbons (Fsp3) is 0.391. The molecule has 1 aliphatic heterocycles. The van der Waals surface area contributed by atoms with Gasteiger partial charge in [-0.05, 0) is 54.6 Å². The third kappa shape index (κ3) is 3.27. The lowest BCUT2D eigenvalue weighted by Crippen LogP contribution is -2.50. The number of hydrogen-bond acceptors (Lipinski definition) is 5. The molecule has 156 valence electrons. The van der Waals surface area contributed by atoms with Gasteiger partial charge in [-0.25, -0.2) is 0 Å². The molecule has 2 N–H and O–H groups in total. The molecule has 7 heteroatoms. The smallest absolute Gasteiger partial charge is 0.252 e. The highest BCUT2D eigenvalue weighted by Crippen LogP contribution is 2.52. The number of fused-ring (bicyclic) bond motifs is 2. The van der Waals surface area contributed by atoms with Crippen LogP contribution in [-0.4, -0.2) is 47.3 Å². The summed E-state index contributed by atoms with van der Waals surface area (Å²) in [7, 11) is 1.78. The first-order valence-electron chi connectivity index (χ1n) is 10.4. The van der Waals surface area contributed by atoms with E-state index >= 15 is 0 Å². The monoisotopic (exact) mass is 422 g/mol. The summed E-state index contributed by atoms with van der Waals surface area (Å²) in [6, 6.07) is 12.3. The lowest BCUT2D eigenvalue weighted by molar-refractivity contribution is -0.0123. The minimum atomic E-state index is -0.141. The second-order valence-electron chi connectivity index (χ2n) is 8.22. The molecule has 3 heterocycles. The Morgan fingerprint density at radius 1 is 1.30 bits per heavy atom. The van der Waals surface area contributed by atoms with Crippen LogP contribution in [0.15, 0.2) is 53.4 Å². The number of thiophene rings is 1. The van der Waals surface area contributed by atoms with Crippen LogP contribution in [0.4, 0.5) is 0 Å². The molecule has 3 aromatic rings. The van der Waals surface area contributed by atoms with Gasteiger partial charge in [0.05, 0.1) is 17.7 Å². The minimum Gasteiger partial charge on any atom is -0.378 e. The number of amides is 1. The van der Waals surface area contributed by atoms with Gasteiger partial charge >= 0.3 is 0 Å². The molecular formula is C23H26N4O2S. The molecule has 2 aliphatic rings. The summed E-state index contributed by atoms with van der Waals surface area (Å²) in [4.78, 5) is 15.3. The Labute approximate surface area is 180 Å². The first-order chi connectivity index (χ1) is 14.7. The number of methoxy groups -OCH3 is 1. The van der Waals surface area contributed by atoms with Crippen LogP contribution in [0.1, 0.15) is 46.1 Å². The van der Waals surface area contributed by atoms with Crippen molar-refractivity contribution in [2.24, 2.45) is 0 Å². The predicted molar refractivity (Wildman–Crippen MR) is 117 cm³/mol. The molecule has 0 unspecified atom stereocenters. The SMILES string of the molecule is CO[C@H]1[C@H](NC(=O)c2ccsc2)c2ccccc2C12CCN(Cc1ccn[nH]1)CC2. The number of nitrogens with zero attached hydrogens (tertiary/aromatic N) is 2. The zero-order valence-electron chi connectivity index (χ0n) is 17.0. The minimum absolute atomic E-state index is 0.0353. The van der Waals surface area contributed by atoms with Gasteiger partial charge in [-0.1, -0.05) is 24.3 Å². The maximum atomic E-state index is 12.9. The Morgan fingerprint density at radius 2 is 2.13 bits per heavy atom. The highest BCUT2D eigenvalue weighted by Gasteiger charge is 2.53. The first kappa shape index (κ1) is 19.5. The summed E-state index contributed by atoms with van der Waals surface area (Å²) in [6.45, 7) is 2.85. The van der Waals surface area contributed by atoms with Crippen LogP contribution >= 0.6 is 11.3 Å². The van der Waals surface area contributed by atoms with E-state index in [2.05, 4.69) is 44.7 Å². The van der Waals surface area contributed by atoms with Gasteiger partial charge in [0, 0.05) is 36.3 Å². The van der Waals surface area contributed by atoms with Gasteiger partial charge in [0.25, 0.3) is 5.91 Å². The van der Waals surface area contributed by atoms with Crippen molar-refractivity contribution in [3.63, 3.8) is 0 Å². The van der Waals surface area contributed by atoms with E-state index in [4.69, 9.17) is 4.74 Å². The van der Waals surface area contributed by atoms with Crippen LogP contribution in [0.3, 0.4) is 0 Å². The number of aromatic amines is 1. The zero-order chi connectivity index (χ0) is 20.6. The third-order valence-corrected chi connectivity index (χ3v) is 7.39. The van der Waals surface area contributed by atoms with Gasteiger partial charge in [0.15, 0.2) is 0 Å². The molecule has 1 amide bonds. The summed E-state index contributed by atoms with van der Waals surface area (Å²) in [5.41, 5.74) is 4.29. The summed E-state index contributed by atoms with van der Waals surface area (Å²) in [6.07, 6.45) is 3.73. The van der Waals surface area contributed by atoms with Crippen LogP contribution < -0.4 is 5.32 Å². The van der Waals surface area contributed by atoms with E-state index in [1.165, 1.54) is 22.5 Å². The molecule has 1 aromatic carbocycles. The maximum absolute atomic E-state index is 12.9. The number of piperidine rings is 1. The van der Waals surface area contributed by atoms with Crippen molar-refractivity contribution >= 4 is 17.2 Å². The number of aromatic nitrogens is 2. The van der Waals surface area contributed by atoms with Gasteiger partial charge in [-0.2, -0.15) is 16.4 Å². The first-order valence-corrected chi connectivity index (χ1v) is 11.3. The number of rotatable bonds is 5. The van der Waals surface area contributed by atoms with Gasteiger partial charge in [0.2, 0.25) is 0 Å². The number of carbonyl (C=O) groups is 1. The van der Waals surface area contributed by atoms with E-state index in [0.717, 1.165) is 38.2 Å². The molecule has 1 fully saturated rings. The standard InChI is InChI=1S/C23H26N4O2S/c1-29-21-20(25-22(28)16-7-13-30-15-16)18-4-2-3-5-19(18)23(21)8-11-27(12-9-23)14-17-6-10-24-26-17/h2-7,10,13,15,20-21H,8-9,11-12,14H2,1H3,(H,24,26)(H,25,28)/t20-,21+/m1/s1. The third-order valence-electron chi connectivity index (χ3n) is 6.70. The lowest BCUT2D eigenvalue weighted by Gasteiger charge is -2.44. The second kappa shape index (κ2) is 7.98. The van der Waals surface area contributed by atoms with Crippen molar-refractivity contribution in [2.75, 3.05) is 20.2 Å². The predicted octanol–water partition coefficient (Wildman–Crippen LogP) is 3.50. The van der Waals surface area contributed by atoms with Crippen LogP contribution in [0.25, 0.3) is 0 Å². The molecule has 2 aromatic heterocycles. The molecule has 0 saturated carbocycles. The van der Waals surface area contributed by atoms with Crippen molar-refractivity contribution in [3.05, 3.63) is 75.7 Å². The van der Waals surface area contributed by atoms with Gasteiger partial charge in [0.1, 0.15) is 0 Å². The highest BCUT2D eigenvalue weighted by atomic mass is 32.1. The van der Waals surface area contributed by atoms with Crippen molar-refractivity contribution in [1.29, 1.82) is 0 Å². The molecule has 6 nitrogen and oxygen atoms in total. The summed E-state index contributed by atoms with van der Waals surface area (Å²) in [5.74, 6) is -0.0353. The van der Waals surface area contributed by atoms with E-state index < -0.39 is 0 Å². The van der Waals surface area contributed by atoms with Crippen molar-refractivity contribution in [1.82, 2.24) is 20.4 Å². The van der Waals surface area contributed by atoms with Crippen molar-refractivity contribution in [2.45, 2.75) is 36.9 Å². The molecule has 30 heavy (non-hydrogen) atoms. The van der Waals surface area contributed by atoms with E-state index in [-0.39, 0.29) is 23.5 Å². The number of benzene rings is 1. The lowest BCUT2D eigenvalue weighted by atomic mass is 9.72. The largest absolute Gasteiger partial charge is 0.378 e. The maximum Gasteiger partial charge on any atom is 0.252 e. The highest BCUT2D eigenvalue weighted by molar-refractivity contribution is 7.08.